The summed E-state index contributed by atoms with van der Waals surface area (Å²) in [5.41, 5.74) is 1.13. The normalized spacial score (nSPS) is 20.0. The predicted octanol–water partition coefficient (Wildman–Crippen LogP) is 6.03. The summed E-state index contributed by atoms with van der Waals surface area (Å²) in [6, 6.07) is 0.171. The minimum atomic E-state index is -3.99. The molecule has 1 unspecified atom stereocenters. The summed E-state index contributed by atoms with van der Waals surface area (Å²) < 4.78 is 66.5. The Morgan fingerprint density at radius 1 is 1.25 bits per heavy atom. The van der Waals surface area contributed by atoms with Crippen LogP contribution < -0.4 is 4.90 Å². The van der Waals surface area contributed by atoms with E-state index in [4.69, 9.17) is 4.74 Å². The molecule has 2 aromatic rings. The number of unbranched alkanes of at least 4 members (excludes halogenated alkanes) is 1. The van der Waals surface area contributed by atoms with E-state index in [1.165, 1.54) is 11.8 Å². The number of thioether (sulfide) groups is 1. The molecule has 0 bridgehead atoms. The fraction of sp³-hybridized carbons (Fsp3) is 0.708. The number of hydrogen-bond acceptors (Lipinski definition) is 7. The lowest BCUT2D eigenvalue weighted by Crippen LogP contribution is -2.55. The second kappa shape index (κ2) is 11.1. The second-order valence-corrected chi connectivity index (χ2v) is 10.5. The third-order valence-corrected chi connectivity index (χ3v) is 7.28. The summed E-state index contributed by atoms with van der Waals surface area (Å²) in [5.74, 6) is 0.445. The van der Waals surface area contributed by atoms with Crippen LogP contribution in [-0.2, 0) is 14.3 Å². The van der Waals surface area contributed by atoms with Gasteiger partial charge in [-0.1, -0.05) is 44.9 Å². The van der Waals surface area contributed by atoms with Gasteiger partial charge in [-0.05, 0) is 25.2 Å². The number of morpholine rings is 1. The van der Waals surface area contributed by atoms with Gasteiger partial charge in [0.1, 0.15) is 18.6 Å². The minimum absolute atomic E-state index is 0.171. The first kappa shape index (κ1) is 27.0. The lowest BCUT2D eigenvalue weighted by molar-refractivity contribution is -0.380. The topological polar surface area (TPSA) is 69.5 Å². The second-order valence-electron chi connectivity index (χ2n) is 9.47. The minimum Gasteiger partial charge on any atom is -0.465 e. The molecule has 3 heterocycles. The maximum atomic E-state index is 13.9. The fourth-order valence-electron chi connectivity index (χ4n) is 4.32. The van der Waals surface area contributed by atoms with Crippen molar-refractivity contribution in [2.24, 2.45) is 5.92 Å². The summed E-state index contributed by atoms with van der Waals surface area (Å²) in [7, 11) is 0. The lowest BCUT2D eigenvalue weighted by Gasteiger charge is -2.37. The number of anilines is 1. The van der Waals surface area contributed by atoms with Crippen LogP contribution in [0.3, 0.4) is 0 Å². The van der Waals surface area contributed by atoms with Crippen molar-refractivity contribution < 1.29 is 31.8 Å². The number of halogens is 4. The molecule has 0 aromatic carbocycles. The van der Waals surface area contributed by atoms with Gasteiger partial charge in [-0.3, -0.25) is 9.53 Å². The summed E-state index contributed by atoms with van der Waals surface area (Å²) in [4.78, 5) is 21.9. The van der Waals surface area contributed by atoms with Crippen LogP contribution in [0.2, 0.25) is 0 Å². The van der Waals surface area contributed by atoms with Crippen molar-refractivity contribution in [2.75, 3.05) is 30.3 Å². The third kappa shape index (κ3) is 6.81. The molecule has 0 spiro atoms. The monoisotopic (exact) mass is 532 g/mol. The number of hydrogen-bond donors (Lipinski definition) is 0. The van der Waals surface area contributed by atoms with Crippen LogP contribution in [0.25, 0.3) is 11.0 Å². The van der Waals surface area contributed by atoms with E-state index in [1.807, 2.05) is 4.57 Å². The van der Waals surface area contributed by atoms with E-state index in [9.17, 15) is 22.4 Å². The van der Waals surface area contributed by atoms with Gasteiger partial charge < -0.3 is 14.2 Å². The molecule has 1 aliphatic heterocycles. The zero-order valence-electron chi connectivity index (χ0n) is 20.5. The van der Waals surface area contributed by atoms with Gasteiger partial charge in [-0.2, -0.15) is 17.6 Å². The maximum absolute atomic E-state index is 13.9. The molecule has 0 N–H and O–H groups in total. The van der Waals surface area contributed by atoms with Crippen LogP contribution >= 0.6 is 11.8 Å². The highest BCUT2D eigenvalue weighted by molar-refractivity contribution is 7.99. The highest BCUT2D eigenvalue weighted by atomic mass is 32.2. The van der Waals surface area contributed by atoms with E-state index in [-0.39, 0.29) is 24.1 Å². The molecular formula is C24H32F4N4O3S. The zero-order chi connectivity index (χ0) is 25.9. The van der Waals surface area contributed by atoms with Crippen molar-refractivity contribution in [3.63, 3.8) is 0 Å². The Labute approximate surface area is 211 Å². The van der Waals surface area contributed by atoms with Crippen molar-refractivity contribution in [1.82, 2.24) is 14.5 Å². The molecule has 1 saturated heterocycles. The van der Waals surface area contributed by atoms with Gasteiger partial charge in [-0.15, -0.1) is 0 Å². The van der Waals surface area contributed by atoms with E-state index in [0.717, 1.165) is 43.4 Å². The summed E-state index contributed by atoms with van der Waals surface area (Å²) in [6.07, 6.45) is 1.40. The molecule has 0 amide bonds. The lowest BCUT2D eigenvalue weighted by atomic mass is 10.0. The number of fused-ring (bicyclic) bond motifs is 1. The van der Waals surface area contributed by atoms with E-state index in [0.29, 0.717) is 34.5 Å². The largest absolute Gasteiger partial charge is 0.465 e. The summed E-state index contributed by atoms with van der Waals surface area (Å²) in [6.45, 7) is 2.63. The number of esters is 1. The number of alkyl halides is 4. The third-order valence-electron chi connectivity index (χ3n) is 6.42. The van der Waals surface area contributed by atoms with Gasteiger partial charge in [0.2, 0.25) is 0 Å². The highest BCUT2D eigenvalue weighted by Gasteiger charge is 2.52. The van der Waals surface area contributed by atoms with Gasteiger partial charge >= 0.3 is 18.2 Å². The number of ether oxygens (including phenoxy) is 2. The van der Waals surface area contributed by atoms with Gasteiger partial charge in [0.15, 0.2) is 5.16 Å². The van der Waals surface area contributed by atoms with Crippen LogP contribution in [0, 0.1) is 5.92 Å². The van der Waals surface area contributed by atoms with E-state index < -0.39 is 25.3 Å². The van der Waals surface area contributed by atoms with Crippen molar-refractivity contribution in [3.05, 3.63) is 12.4 Å². The van der Waals surface area contributed by atoms with Crippen molar-refractivity contribution in [1.29, 1.82) is 0 Å². The molecule has 4 rings (SSSR count). The predicted molar refractivity (Wildman–Crippen MR) is 129 cm³/mol. The van der Waals surface area contributed by atoms with Crippen LogP contribution in [0.5, 0.6) is 0 Å². The molecule has 200 valence electrons. The Morgan fingerprint density at radius 3 is 2.61 bits per heavy atom. The van der Waals surface area contributed by atoms with Crippen molar-refractivity contribution in [3.8, 4) is 0 Å². The van der Waals surface area contributed by atoms with Gasteiger partial charge in [0.25, 0.3) is 0 Å². The van der Waals surface area contributed by atoms with E-state index in [2.05, 4.69) is 28.6 Å². The fourth-order valence-corrected chi connectivity index (χ4v) is 5.05. The van der Waals surface area contributed by atoms with Crippen molar-refractivity contribution >= 4 is 34.5 Å². The Balaban J connectivity index is 1.43. The average Bonchev–Trinajstić information content (AvgIpc) is 3.57. The summed E-state index contributed by atoms with van der Waals surface area (Å²) >= 11 is 1.23. The Kier molecular flexibility index (Phi) is 8.33. The van der Waals surface area contributed by atoms with Gasteiger partial charge in [0.05, 0.1) is 30.4 Å². The molecule has 36 heavy (non-hydrogen) atoms. The molecule has 2 aliphatic rings. The number of carbonyl (C=O) groups excluding carboxylic acids is 1. The number of nitrogens with zero attached hydrogens (tertiary/aromatic N) is 4. The van der Waals surface area contributed by atoms with E-state index >= 15 is 0 Å². The first-order valence-electron chi connectivity index (χ1n) is 12.5. The average molecular weight is 533 g/mol. The molecular weight excluding hydrogens is 500 g/mol. The van der Waals surface area contributed by atoms with Crippen LogP contribution in [0.4, 0.5) is 23.2 Å². The molecule has 1 atom stereocenters. The zero-order valence-corrected chi connectivity index (χ0v) is 21.3. The summed E-state index contributed by atoms with van der Waals surface area (Å²) in [5, 5.41) is 0.339. The molecule has 1 saturated carbocycles. The number of aromatic nitrogens is 3. The highest BCUT2D eigenvalue weighted by Crippen LogP contribution is 2.43. The van der Waals surface area contributed by atoms with Crippen LogP contribution in [0.15, 0.2) is 17.6 Å². The van der Waals surface area contributed by atoms with Crippen LogP contribution in [0.1, 0.15) is 64.8 Å². The number of rotatable bonds is 12. The molecule has 2 fully saturated rings. The smallest absolute Gasteiger partial charge is 0.377 e. The maximum Gasteiger partial charge on any atom is 0.377 e. The molecule has 12 heteroatoms. The van der Waals surface area contributed by atoms with Gasteiger partial charge in [-0.25, -0.2) is 9.97 Å². The van der Waals surface area contributed by atoms with Crippen LogP contribution in [-0.4, -0.2) is 58.2 Å². The molecule has 2 aromatic heterocycles. The Hall–Kier alpha value is -2.08. The SMILES string of the molecule is CCCCC(CC)COC(=O)CCSc1ncc2c(n1)c(N1CC(F)(F)OC(F)(F)C1)cn2C1CC1. The van der Waals surface area contributed by atoms with Gasteiger partial charge in [0, 0.05) is 18.0 Å². The molecule has 1 aliphatic carbocycles. The standard InChI is InChI=1S/C24H32F4N4O3S/c1-3-5-6-16(4-2)13-34-20(33)9-10-36-22-29-11-18-21(30-22)19(12-32(18)17-7-8-17)31-14-23(25,26)35-24(27,28)15-31/h11-12,16-17H,3-10,13-15H2,1-2H3. The molecule has 0 radical (unpaired) electrons. The number of carbonyl (C=O) groups is 1. The van der Waals surface area contributed by atoms with Crippen molar-refractivity contribution in [2.45, 2.75) is 82.2 Å². The first-order chi connectivity index (χ1) is 17.1. The Bertz CT molecular complexity index is 1050. The first-order valence-corrected chi connectivity index (χ1v) is 13.5. The quantitative estimate of drug-likeness (QED) is 0.143. The van der Waals surface area contributed by atoms with E-state index in [1.54, 1.807) is 12.4 Å². The molecule has 7 nitrogen and oxygen atoms in total. The Morgan fingerprint density at radius 2 is 1.97 bits per heavy atom.